The summed E-state index contributed by atoms with van der Waals surface area (Å²) in [7, 11) is -1.20. The van der Waals surface area contributed by atoms with E-state index in [1.54, 1.807) is 0 Å². The summed E-state index contributed by atoms with van der Waals surface area (Å²) in [6.07, 6.45) is 0.823. The van der Waals surface area contributed by atoms with Crippen molar-refractivity contribution in [2.75, 3.05) is 0 Å². The summed E-state index contributed by atoms with van der Waals surface area (Å²) in [5, 5.41) is 0. The third-order valence-electron chi connectivity index (χ3n) is 1.86. The fourth-order valence-corrected chi connectivity index (χ4v) is 1.69. The second kappa shape index (κ2) is 4.53. The van der Waals surface area contributed by atoms with Crippen LogP contribution in [0, 0.1) is 5.41 Å². The molecule has 0 fully saturated rings. The Morgan fingerprint density at radius 2 is 1.57 bits per heavy atom. The van der Waals surface area contributed by atoms with Gasteiger partial charge in [0.1, 0.15) is 6.29 Å². The quantitative estimate of drug-likeness (QED) is 0.734. The third-order valence-corrected chi connectivity index (χ3v) is 3.44. The fraction of sp³-hybridized carbons (Fsp3) is 0.900. The van der Waals surface area contributed by atoms with Gasteiger partial charge in [0, 0.05) is 0 Å². The molecule has 3 nitrogen and oxygen atoms in total. The zero-order valence-electron chi connectivity index (χ0n) is 9.88. The molecule has 0 aromatic heterocycles. The van der Waals surface area contributed by atoms with Gasteiger partial charge in [-0.3, -0.25) is 0 Å². The van der Waals surface area contributed by atoms with E-state index < -0.39 is 11.0 Å². The van der Waals surface area contributed by atoms with Crippen LogP contribution in [-0.4, -0.2) is 21.3 Å². The minimum atomic E-state index is -1.20. The highest BCUT2D eigenvalue weighted by atomic mass is 32.2. The van der Waals surface area contributed by atoms with Crippen LogP contribution in [0.3, 0.4) is 0 Å². The molecular weight excluding hydrogens is 198 g/mol. The van der Waals surface area contributed by atoms with Crippen LogP contribution in [0.4, 0.5) is 0 Å². The molecule has 0 aliphatic carbocycles. The molecule has 0 bridgehead atoms. The first-order valence-electron chi connectivity index (χ1n) is 4.72. The van der Waals surface area contributed by atoms with E-state index in [0.717, 1.165) is 6.29 Å². The van der Waals surface area contributed by atoms with Gasteiger partial charge in [-0.1, -0.05) is 20.8 Å². The first-order chi connectivity index (χ1) is 6.09. The Balaban J connectivity index is 4.51. The van der Waals surface area contributed by atoms with E-state index in [-0.39, 0.29) is 16.2 Å². The maximum Gasteiger partial charge on any atom is 0.138 e. The van der Waals surface area contributed by atoms with Gasteiger partial charge in [0.05, 0.1) is 21.8 Å². The number of hydrogen-bond donors (Lipinski definition) is 1. The largest absolute Gasteiger partial charge is 0.302 e. The summed E-state index contributed by atoms with van der Waals surface area (Å²) in [6.45, 7) is 11.5. The molecule has 0 aromatic carbocycles. The van der Waals surface area contributed by atoms with Gasteiger partial charge in [0.2, 0.25) is 0 Å². The van der Waals surface area contributed by atoms with Crippen LogP contribution in [0.2, 0.25) is 0 Å². The Kier molecular flexibility index (Phi) is 4.46. The van der Waals surface area contributed by atoms with Crippen molar-refractivity contribution in [2.45, 2.75) is 52.3 Å². The zero-order valence-corrected chi connectivity index (χ0v) is 10.7. The summed E-state index contributed by atoms with van der Waals surface area (Å²) in [6, 6.07) is -0.373. The van der Waals surface area contributed by atoms with Gasteiger partial charge >= 0.3 is 0 Å². The topological polar surface area (TPSA) is 46.2 Å². The van der Waals surface area contributed by atoms with Crippen LogP contribution in [0.5, 0.6) is 0 Å². The van der Waals surface area contributed by atoms with Crippen molar-refractivity contribution >= 4 is 17.3 Å². The van der Waals surface area contributed by atoms with Gasteiger partial charge in [-0.05, 0) is 26.2 Å². The predicted molar refractivity (Wildman–Crippen MR) is 60.3 cm³/mol. The van der Waals surface area contributed by atoms with Gasteiger partial charge in [0.15, 0.2) is 0 Å². The molecule has 2 atom stereocenters. The number of aldehydes is 1. The number of carbonyl (C=O) groups is 1. The molecule has 0 aliphatic heterocycles. The molecule has 0 heterocycles. The Labute approximate surface area is 89.2 Å². The van der Waals surface area contributed by atoms with E-state index in [1.165, 1.54) is 0 Å². The van der Waals surface area contributed by atoms with Crippen LogP contribution in [0.25, 0.3) is 0 Å². The molecule has 0 amide bonds. The van der Waals surface area contributed by atoms with Gasteiger partial charge in [-0.2, -0.15) is 0 Å². The maximum absolute atomic E-state index is 11.7. The molecular formula is C10H21NO2S. The normalized spacial score (nSPS) is 17.6. The molecule has 14 heavy (non-hydrogen) atoms. The van der Waals surface area contributed by atoms with E-state index in [0.29, 0.717) is 0 Å². The van der Waals surface area contributed by atoms with Gasteiger partial charge in [-0.15, -0.1) is 0 Å². The average molecular weight is 219 g/mol. The molecule has 0 radical (unpaired) electrons. The van der Waals surface area contributed by atoms with E-state index in [9.17, 15) is 9.00 Å². The van der Waals surface area contributed by atoms with E-state index in [4.69, 9.17) is 0 Å². The Hall–Kier alpha value is -0.220. The standard InChI is InChI=1S/C10H21NO2S/c1-9(2,3)8(7-12)11-14(13)10(4,5)6/h7-8,11H,1-6H3/t8-,14?/m0/s1. The van der Waals surface area contributed by atoms with Crippen molar-refractivity contribution in [1.82, 2.24) is 4.72 Å². The van der Waals surface area contributed by atoms with Crippen LogP contribution < -0.4 is 4.72 Å². The molecule has 0 rings (SSSR count). The predicted octanol–water partition coefficient (Wildman–Crippen LogP) is 1.65. The van der Waals surface area contributed by atoms with Crippen molar-refractivity contribution in [2.24, 2.45) is 5.41 Å². The number of rotatable bonds is 3. The van der Waals surface area contributed by atoms with E-state index >= 15 is 0 Å². The molecule has 1 N–H and O–H groups in total. The number of hydrogen-bond acceptors (Lipinski definition) is 2. The molecule has 1 unspecified atom stereocenters. The Morgan fingerprint density at radius 1 is 1.14 bits per heavy atom. The highest BCUT2D eigenvalue weighted by molar-refractivity contribution is 7.84. The molecule has 0 saturated carbocycles. The minimum absolute atomic E-state index is 0.206. The maximum atomic E-state index is 11.7. The monoisotopic (exact) mass is 219 g/mol. The number of carbonyl (C=O) groups excluding carboxylic acids is 1. The zero-order chi connectivity index (χ0) is 11.6. The van der Waals surface area contributed by atoms with E-state index in [1.807, 2.05) is 41.5 Å². The lowest BCUT2D eigenvalue weighted by Crippen LogP contribution is -2.47. The lowest BCUT2D eigenvalue weighted by atomic mass is 9.88. The van der Waals surface area contributed by atoms with Crippen LogP contribution in [0.15, 0.2) is 0 Å². The first-order valence-corrected chi connectivity index (χ1v) is 5.87. The highest BCUT2D eigenvalue weighted by Crippen LogP contribution is 2.19. The lowest BCUT2D eigenvalue weighted by molar-refractivity contribution is -0.111. The average Bonchev–Trinajstić information content (AvgIpc) is 1.95. The highest BCUT2D eigenvalue weighted by Gasteiger charge is 2.29. The van der Waals surface area contributed by atoms with Crippen LogP contribution >= 0.6 is 0 Å². The summed E-state index contributed by atoms with van der Waals surface area (Å²) in [5.41, 5.74) is -0.206. The molecule has 0 saturated heterocycles. The van der Waals surface area contributed by atoms with Crippen LogP contribution in [0.1, 0.15) is 41.5 Å². The van der Waals surface area contributed by atoms with Crippen molar-refractivity contribution in [3.05, 3.63) is 0 Å². The Bertz CT molecular complexity index is 225. The molecule has 0 spiro atoms. The molecule has 0 aromatic rings. The van der Waals surface area contributed by atoms with Crippen LogP contribution in [-0.2, 0) is 15.8 Å². The van der Waals surface area contributed by atoms with Crippen molar-refractivity contribution in [3.63, 3.8) is 0 Å². The van der Waals surface area contributed by atoms with Gasteiger partial charge in [-0.25, -0.2) is 8.93 Å². The summed E-state index contributed by atoms with van der Waals surface area (Å²) in [5.74, 6) is 0. The van der Waals surface area contributed by atoms with Gasteiger partial charge < -0.3 is 4.79 Å². The fourth-order valence-electron chi connectivity index (χ4n) is 0.701. The molecule has 0 aliphatic rings. The van der Waals surface area contributed by atoms with Crippen molar-refractivity contribution in [3.8, 4) is 0 Å². The number of nitrogens with one attached hydrogen (secondary N) is 1. The van der Waals surface area contributed by atoms with Gasteiger partial charge in [0.25, 0.3) is 0 Å². The SMILES string of the molecule is CC(C)(C)[C@H](C=O)NS(=O)C(C)(C)C. The smallest absolute Gasteiger partial charge is 0.138 e. The molecule has 84 valence electrons. The van der Waals surface area contributed by atoms with Crippen molar-refractivity contribution < 1.29 is 9.00 Å². The lowest BCUT2D eigenvalue weighted by Gasteiger charge is -2.29. The Morgan fingerprint density at radius 3 is 1.79 bits per heavy atom. The first kappa shape index (κ1) is 13.8. The van der Waals surface area contributed by atoms with Crippen molar-refractivity contribution in [1.29, 1.82) is 0 Å². The minimum Gasteiger partial charge on any atom is -0.302 e. The molecule has 4 heteroatoms. The van der Waals surface area contributed by atoms with E-state index in [2.05, 4.69) is 4.72 Å². The second-order valence-corrected chi connectivity index (χ2v) is 7.48. The summed E-state index contributed by atoms with van der Waals surface area (Å²) < 4.78 is 14.2. The third kappa shape index (κ3) is 4.33. The summed E-state index contributed by atoms with van der Waals surface area (Å²) >= 11 is 0. The second-order valence-electron chi connectivity index (χ2n) is 5.48. The summed E-state index contributed by atoms with van der Waals surface area (Å²) in [4.78, 5) is 10.8.